The number of hydrogen-bond acceptors (Lipinski definition) is 9. The van der Waals surface area contributed by atoms with Crippen LogP contribution in [0.15, 0.2) is 99.9 Å². The Morgan fingerprint density at radius 1 is 1.02 bits per heavy atom. The molecule has 3 heterocycles. The van der Waals surface area contributed by atoms with Crippen LogP contribution in [0.25, 0.3) is 16.8 Å². The Morgan fingerprint density at radius 2 is 1.85 bits per heavy atom. The molecule has 2 aliphatic rings. The van der Waals surface area contributed by atoms with Gasteiger partial charge in [-0.1, -0.05) is 65.9 Å². The van der Waals surface area contributed by atoms with Gasteiger partial charge in [-0.05, 0) is 71.7 Å². The fraction of sp³-hybridized carbons (Fsp3) is 0.194. The molecule has 0 spiro atoms. The van der Waals surface area contributed by atoms with Crippen LogP contribution >= 0.6 is 11.3 Å². The SMILES string of the molecule is CCOC(=O)C1=C(C)N=c2sc(=Cc3ccc(OCc4cccc5ccccc45)c(OC)c3)c(=O)n2[C@H]1c1ccc2c(c1)OCO2. The van der Waals surface area contributed by atoms with E-state index in [9.17, 15) is 9.59 Å². The van der Waals surface area contributed by atoms with Crippen LogP contribution in [0.3, 0.4) is 0 Å². The lowest BCUT2D eigenvalue weighted by molar-refractivity contribution is -0.139. The summed E-state index contributed by atoms with van der Waals surface area (Å²) in [5.41, 5.74) is 3.01. The second kappa shape index (κ2) is 12.2. The van der Waals surface area contributed by atoms with E-state index in [0.717, 1.165) is 21.9 Å². The van der Waals surface area contributed by atoms with Crippen LogP contribution in [0, 0.1) is 0 Å². The number of carbonyl (C=O) groups is 1. The van der Waals surface area contributed by atoms with E-state index in [0.29, 0.717) is 55.8 Å². The van der Waals surface area contributed by atoms with Gasteiger partial charge in [-0.25, -0.2) is 9.79 Å². The molecule has 0 amide bonds. The summed E-state index contributed by atoms with van der Waals surface area (Å²) in [5.74, 6) is 1.76. The predicted octanol–water partition coefficient (Wildman–Crippen LogP) is 5.27. The van der Waals surface area contributed by atoms with E-state index in [1.165, 1.54) is 11.3 Å². The molecule has 0 bridgehead atoms. The van der Waals surface area contributed by atoms with Crippen molar-refractivity contribution < 1.29 is 28.5 Å². The third-order valence-electron chi connectivity index (χ3n) is 7.98. The van der Waals surface area contributed by atoms with E-state index in [1.54, 1.807) is 43.7 Å². The molecule has 0 fully saturated rings. The molecule has 46 heavy (non-hydrogen) atoms. The summed E-state index contributed by atoms with van der Waals surface area (Å²) in [6, 6.07) is 24.5. The second-order valence-electron chi connectivity index (χ2n) is 10.8. The van der Waals surface area contributed by atoms with E-state index in [2.05, 4.69) is 29.3 Å². The summed E-state index contributed by atoms with van der Waals surface area (Å²) in [6.45, 7) is 4.17. The minimum absolute atomic E-state index is 0.109. The lowest BCUT2D eigenvalue weighted by atomic mass is 9.95. The summed E-state index contributed by atoms with van der Waals surface area (Å²) in [7, 11) is 1.59. The van der Waals surface area contributed by atoms with Crippen molar-refractivity contribution in [3.05, 3.63) is 127 Å². The van der Waals surface area contributed by atoms with Gasteiger partial charge >= 0.3 is 5.97 Å². The standard InChI is InChI=1S/C36H30N2O7S/c1-4-42-35(40)32-21(2)37-36-38(33(32)24-13-15-28-30(18-24)45-20-44-28)34(39)31(46-36)17-22-12-14-27(29(16-22)41-3)43-19-25-10-7-9-23-8-5-6-11-26(23)25/h5-18,33H,4,19-20H2,1-3H3/t33-/m0/s1. The third kappa shape index (κ3) is 5.30. The van der Waals surface area contributed by atoms with Gasteiger partial charge in [0.15, 0.2) is 27.8 Å². The molecule has 0 radical (unpaired) electrons. The van der Waals surface area contributed by atoms with Crippen molar-refractivity contribution in [1.29, 1.82) is 0 Å². The van der Waals surface area contributed by atoms with Crippen LogP contribution in [0.2, 0.25) is 0 Å². The number of rotatable bonds is 8. The molecule has 5 aromatic rings. The topological polar surface area (TPSA) is 97.6 Å². The number of carbonyl (C=O) groups excluding carboxylic acids is 1. The van der Waals surface area contributed by atoms with Crippen molar-refractivity contribution >= 4 is 34.2 Å². The highest BCUT2D eigenvalue weighted by molar-refractivity contribution is 7.07. The summed E-state index contributed by atoms with van der Waals surface area (Å²) in [6.07, 6.45) is 1.79. The van der Waals surface area contributed by atoms with Gasteiger partial charge in [0, 0.05) is 0 Å². The molecule has 0 N–H and O–H groups in total. The average Bonchev–Trinajstić information content (AvgIpc) is 3.66. The largest absolute Gasteiger partial charge is 0.493 e. The van der Waals surface area contributed by atoms with Crippen molar-refractivity contribution in [2.45, 2.75) is 26.5 Å². The molecule has 0 aliphatic carbocycles. The predicted molar refractivity (Wildman–Crippen MR) is 174 cm³/mol. The first-order chi connectivity index (χ1) is 22.4. The summed E-state index contributed by atoms with van der Waals surface area (Å²) in [4.78, 5) is 32.4. The van der Waals surface area contributed by atoms with E-state index < -0.39 is 12.0 Å². The van der Waals surface area contributed by atoms with Crippen LogP contribution in [0.4, 0.5) is 0 Å². The number of aromatic nitrogens is 1. The quantitative estimate of drug-likeness (QED) is 0.215. The van der Waals surface area contributed by atoms with Crippen molar-refractivity contribution in [2.75, 3.05) is 20.5 Å². The molecule has 0 unspecified atom stereocenters. The van der Waals surface area contributed by atoms with E-state index in [1.807, 2.05) is 42.5 Å². The molecule has 1 aromatic heterocycles. The highest BCUT2D eigenvalue weighted by Gasteiger charge is 2.34. The number of allylic oxidation sites excluding steroid dienone is 1. The van der Waals surface area contributed by atoms with Gasteiger partial charge in [0.1, 0.15) is 6.61 Å². The minimum atomic E-state index is -0.758. The molecule has 2 aliphatic heterocycles. The fourth-order valence-corrected chi connectivity index (χ4v) is 6.86. The van der Waals surface area contributed by atoms with E-state index >= 15 is 0 Å². The zero-order valence-electron chi connectivity index (χ0n) is 25.4. The molecule has 0 saturated heterocycles. The summed E-state index contributed by atoms with van der Waals surface area (Å²) < 4.78 is 30.4. The lowest BCUT2D eigenvalue weighted by Gasteiger charge is -2.24. The number of nitrogens with zero attached hydrogens (tertiary/aromatic N) is 2. The van der Waals surface area contributed by atoms with Crippen molar-refractivity contribution in [3.8, 4) is 23.0 Å². The Labute approximate surface area is 268 Å². The maximum atomic E-state index is 14.1. The molecule has 4 aromatic carbocycles. The maximum Gasteiger partial charge on any atom is 0.338 e. The third-order valence-corrected chi connectivity index (χ3v) is 8.96. The number of methoxy groups -OCH3 is 1. The minimum Gasteiger partial charge on any atom is -0.493 e. The molecular formula is C36H30N2O7S. The van der Waals surface area contributed by atoms with Gasteiger partial charge in [-0.2, -0.15) is 0 Å². The number of hydrogen-bond donors (Lipinski definition) is 0. The number of fused-ring (bicyclic) bond motifs is 3. The van der Waals surface area contributed by atoms with Crippen LogP contribution in [-0.4, -0.2) is 31.0 Å². The van der Waals surface area contributed by atoms with Gasteiger partial charge in [0.25, 0.3) is 5.56 Å². The van der Waals surface area contributed by atoms with Gasteiger partial charge in [0.2, 0.25) is 6.79 Å². The Bertz CT molecular complexity index is 2210. The Kier molecular flexibility index (Phi) is 7.79. The Morgan fingerprint density at radius 3 is 2.70 bits per heavy atom. The normalized spacial score (nSPS) is 15.5. The van der Waals surface area contributed by atoms with Crippen molar-refractivity contribution in [1.82, 2.24) is 4.57 Å². The molecule has 10 heteroatoms. The molecule has 1 atom stereocenters. The smallest absolute Gasteiger partial charge is 0.338 e. The van der Waals surface area contributed by atoms with E-state index in [-0.39, 0.29) is 19.0 Å². The van der Waals surface area contributed by atoms with Gasteiger partial charge < -0.3 is 23.7 Å². The van der Waals surface area contributed by atoms with E-state index in [4.69, 9.17) is 23.7 Å². The van der Waals surface area contributed by atoms with Crippen LogP contribution in [-0.2, 0) is 16.1 Å². The lowest BCUT2D eigenvalue weighted by Crippen LogP contribution is -2.39. The highest BCUT2D eigenvalue weighted by Crippen LogP contribution is 2.38. The monoisotopic (exact) mass is 634 g/mol. The molecule has 7 rings (SSSR count). The number of ether oxygens (including phenoxy) is 5. The molecule has 9 nitrogen and oxygen atoms in total. The van der Waals surface area contributed by atoms with Gasteiger partial charge in [-0.3, -0.25) is 9.36 Å². The first-order valence-electron chi connectivity index (χ1n) is 14.8. The maximum absolute atomic E-state index is 14.1. The van der Waals surface area contributed by atoms with Crippen LogP contribution in [0.1, 0.15) is 36.6 Å². The zero-order valence-corrected chi connectivity index (χ0v) is 26.3. The molecule has 232 valence electrons. The number of thiazole rings is 1. The second-order valence-corrected chi connectivity index (χ2v) is 11.8. The van der Waals surface area contributed by atoms with Crippen molar-refractivity contribution in [2.24, 2.45) is 4.99 Å². The average molecular weight is 635 g/mol. The number of benzene rings is 4. The first kappa shape index (κ1) is 29.4. The number of esters is 1. The first-order valence-corrected chi connectivity index (χ1v) is 15.6. The van der Waals surface area contributed by atoms with Crippen molar-refractivity contribution in [3.63, 3.8) is 0 Å². The Hall–Kier alpha value is -5.35. The molecule has 0 saturated carbocycles. The van der Waals surface area contributed by atoms with Crippen LogP contribution in [0.5, 0.6) is 23.0 Å². The zero-order chi connectivity index (χ0) is 31.8. The fourth-order valence-electron chi connectivity index (χ4n) is 5.81. The van der Waals surface area contributed by atoms with Gasteiger partial charge in [-0.15, -0.1) is 0 Å². The summed E-state index contributed by atoms with van der Waals surface area (Å²) in [5, 5.41) is 2.29. The summed E-state index contributed by atoms with van der Waals surface area (Å²) >= 11 is 1.25. The highest BCUT2D eigenvalue weighted by atomic mass is 32.1. The molecular weight excluding hydrogens is 604 g/mol. The Balaban J connectivity index is 1.25. The van der Waals surface area contributed by atoms with Gasteiger partial charge in [0.05, 0.1) is 35.6 Å². The van der Waals surface area contributed by atoms with Crippen LogP contribution < -0.4 is 33.8 Å².